The van der Waals surface area contributed by atoms with E-state index in [9.17, 15) is 0 Å². The summed E-state index contributed by atoms with van der Waals surface area (Å²) < 4.78 is 8.32. The van der Waals surface area contributed by atoms with Crippen LogP contribution in [0.4, 0.5) is 0 Å². The molecule has 0 aliphatic carbocycles. The Morgan fingerprint density at radius 3 is 2.82 bits per heavy atom. The first-order valence-electron chi connectivity index (χ1n) is 5.54. The van der Waals surface area contributed by atoms with Crippen LogP contribution in [0.1, 0.15) is 30.0 Å². The molecule has 0 amide bonds. The molecule has 5 heteroatoms. The van der Waals surface area contributed by atoms with Gasteiger partial charge in [-0.15, -0.1) is 0 Å². The molecule has 17 heavy (non-hydrogen) atoms. The fourth-order valence-corrected chi connectivity index (χ4v) is 2.21. The molecule has 1 N–H and O–H groups in total. The van der Waals surface area contributed by atoms with Gasteiger partial charge in [-0.1, -0.05) is 0 Å². The number of furan rings is 1. The van der Waals surface area contributed by atoms with Crippen LogP contribution in [0.3, 0.4) is 0 Å². The van der Waals surface area contributed by atoms with Gasteiger partial charge < -0.3 is 9.73 Å². The molecule has 0 spiro atoms. The highest BCUT2D eigenvalue weighted by molar-refractivity contribution is 14.1. The largest absolute Gasteiger partial charge is 0.454 e. The Bertz CT molecular complexity index is 504. The molecule has 0 bridgehead atoms. The van der Waals surface area contributed by atoms with Crippen molar-refractivity contribution in [1.29, 1.82) is 0 Å². The smallest absolute Gasteiger partial charge is 0.164 e. The topological polar surface area (TPSA) is 43.0 Å². The lowest BCUT2D eigenvalue weighted by Gasteiger charge is -2.12. The van der Waals surface area contributed by atoms with Crippen LogP contribution in [0.25, 0.3) is 0 Å². The maximum Gasteiger partial charge on any atom is 0.164 e. The average molecular weight is 345 g/mol. The Hall–Kier alpha value is -0.820. The fourth-order valence-electron chi connectivity index (χ4n) is 1.75. The highest BCUT2D eigenvalue weighted by Gasteiger charge is 2.12. The molecule has 0 radical (unpaired) electrons. The molecule has 0 aromatic carbocycles. The monoisotopic (exact) mass is 345 g/mol. The number of aromatic nitrogens is 2. The highest BCUT2D eigenvalue weighted by Crippen LogP contribution is 2.17. The normalized spacial score (nSPS) is 12.9. The summed E-state index contributed by atoms with van der Waals surface area (Å²) >= 11 is 2.17. The predicted molar refractivity (Wildman–Crippen MR) is 74.6 cm³/mol. The van der Waals surface area contributed by atoms with Gasteiger partial charge in [-0.25, -0.2) is 0 Å². The number of halogens is 1. The Labute approximate surface area is 115 Å². The van der Waals surface area contributed by atoms with E-state index in [2.05, 4.69) is 46.9 Å². The summed E-state index contributed by atoms with van der Waals surface area (Å²) in [5.41, 5.74) is 2.42. The van der Waals surface area contributed by atoms with Gasteiger partial charge in [0.05, 0.1) is 12.7 Å². The van der Waals surface area contributed by atoms with Crippen molar-refractivity contribution in [2.45, 2.75) is 26.4 Å². The van der Waals surface area contributed by atoms with Crippen molar-refractivity contribution < 1.29 is 4.42 Å². The molecule has 2 aromatic rings. The van der Waals surface area contributed by atoms with Gasteiger partial charge in [0.15, 0.2) is 3.77 Å². The first-order chi connectivity index (χ1) is 8.08. The van der Waals surface area contributed by atoms with Crippen molar-refractivity contribution in [2.75, 3.05) is 0 Å². The highest BCUT2D eigenvalue weighted by atomic mass is 127. The molecule has 0 saturated carbocycles. The molecule has 2 heterocycles. The minimum absolute atomic E-state index is 0.270. The number of nitrogens with zero attached hydrogens (tertiary/aromatic N) is 2. The first-order valence-corrected chi connectivity index (χ1v) is 6.62. The van der Waals surface area contributed by atoms with Crippen LogP contribution in [-0.2, 0) is 13.6 Å². The third-order valence-corrected chi connectivity index (χ3v) is 3.53. The molecule has 1 unspecified atom stereocenters. The number of aryl methyl sites for hydroxylation is 1. The second kappa shape index (κ2) is 5.22. The zero-order valence-corrected chi connectivity index (χ0v) is 12.4. The van der Waals surface area contributed by atoms with E-state index in [1.165, 1.54) is 11.3 Å². The molecule has 92 valence electrons. The standard InChI is InChI=1S/C12H16IN3O/c1-8(11-7-15-16(3)9(11)2)14-6-10-4-5-12(13)17-10/h4-5,7-8,14H,6H2,1-3H3. The molecule has 2 rings (SSSR count). The van der Waals surface area contributed by atoms with E-state index in [-0.39, 0.29) is 6.04 Å². The van der Waals surface area contributed by atoms with E-state index >= 15 is 0 Å². The van der Waals surface area contributed by atoms with Crippen molar-refractivity contribution in [1.82, 2.24) is 15.1 Å². The zero-order valence-electron chi connectivity index (χ0n) is 10.2. The number of rotatable bonds is 4. The Kier molecular flexibility index (Phi) is 3.88. The Morgan fingerprint density at radius 2 is 2.29 bits per heavy atom. The SMILES string of the molecule is Cc1c(C(C)NCc2ccc(I)o2)cnn1C. The summed E-state index contributed by atoms with van der Waals surface area (Å²) in [5, 5.41) is 7.68. The van der Waals surface area contributed by atoms with Crippen molar-refractivity contribution in [2.24, 2.45) is 7.05 Å². The van der Waals surface area contributed by atoms with E-state index in [0.717, 1.165) is 16.1 Å². The molecule has 4 nitrogen and oxygen atoms in total. The number of nitrogens with one attached hydrogen (secondary N) is 1. The van der Waals surface area contributed by atoms with Crippen LogP contribution in [0.5, 0.6) is 0 Å². The van der Waals surface area contributed by atoms with Crippen LogP contribution in [0.15, 0.2) is 22.7 Å². The summed E-state index contributed by atoms with van der Waals surface area (Å²) in [5.74, 6) is 0.961. The molecule has 0 saturated heterocycles. The van der Waals surface area contributed by atoms with Gasteiger partial charge in [0.2, 0.25) is 0 Å². The summed E-state index contributed by atoms with van der Waals surface area (Å²) in [6.07, 6.45) is 1.92. The van der Waals surface area contributed by atoms with Crippen molar-refractivity contribution in [3.8, 4) is 0 Å². The van der Waals surface area contributed by atoms with Crippen LogP contribution in [0, 0.1) is 10.7 Å². The van der Waals surface area contributed by atoms with Crippen LogP contribution >= 0.6 is 22.6 Å². The van der Waals surface area contributed by atoms with Gasteiger partial charge >= 0.3 is 0 Å². The van der Waals surface area contributed by atoms with Crippen LogP contribution in [0.2, 0.25) is 0 Å². The Balaban J connectivity index is 1.98. The van der Waals surface area contributed by atoms with Crippen molar-refractivity contribution >= 4 is 22.6 Å². The second-order valence-electron chi connectivity index (χ2n) is 4.12. The van der Waals surface area contributed by atoms with Gasteiger partial charge in [-0.05, 0) is 48.6 Å². The molecular formula is C12H16IN3O. The number of hydrogen-bond acceptors (Lipinski definition) is 3. The van der Waals surface area contributed by atoms with Crippen LogP contribution in [-0.4, -0.2) is 9.78 Å². The molecule has 0 fully saturated rings. The van der Waals surface area contributed by atoms with E-state index in [0.29, 0.717) is 0 Å². The minimum Gasteiger partial charge on any atom is -0.454 e. The maximum absolute atomic E-state index is 5.51. The van der Waals surface area contributed by atoms with Gasteiger partial charge in [0.25, 0.3) is 0 Å². The summed E-state index contributed by atoms with van der Waals surface area (Å²) in [7, 11) is 1.96. The third-order valence-electron chi connectivity index (χ3n) is 2.95. The molecule has 1 atom stereocenters. The van der Waals surface area contributed by atoms with Gasteiger partial charge in [0.1, 0.15) is 5.76 Å². The predicted octanol–water partition coefficient (Wildman–Crippen LogP) is 2.78. The van der Waals surface area contributed by atoms with E-state index in [4.69, 9.17) is 4.42 Å². The first kappa shape index (κ1) is 12.6. The minimum atomic E-state index is 0.270. The van der Waals surface area contributed by atoms with Gasteiger partial charge in [-0.3, -0.25) is 4.68 Å². The molecule has 0 aliphatic heterocycles. The van der Waals surface area contributed by atoms with Gasteiger partial charge in [-0.2, -0.15) is 5.10 Å². The lowest BCUT2D eigenvalue weighted by atomic mass is 10.1. The number of hydrogen-bond donors (Lipinski definition) is 1. The maximum atomic E-state index is 5.51. The third kappa shape index (κ3) is 2.90. The summed E-state index contributed by atoms with van der Waals surface area (Å²) in [6.45, 7) is 4.95. The fraction of sp³-hybridized carbons (Fsp3) is 0.417. The zero-order chi connectivity index (χ0) is 12.4. The second-order valence-corrected chi connectivity index (χ2v) is 5.18. The van der Waals surface area contributed by atoms with Gasteiger partial charge in [0, 0.05) is 24.3 Å². The van der Waals surface area contributed by atoms with E-state index in [1.807, 2.05) is 30.1 Å². The summed E-state index contributed by atoms with van der Waals surface area (Å²) in [6, 6.07) is 4.24. The lowest BCUT2D eigenvalue weighted by Crippen LogP contribution is -2.18. The average Bonchev–Trinajstić information content (AvgIpc) is 2.84. The van der Waals surface area contributed by atoms with Crippen molar-refractivity contribution in [3.63, 3.8) is 0 Å². The van der Waals surface area contributed by atoms with Crippen molar-refractivity contribution in [3.05, 3.63) is 39.1 Å². The molecule has 2 aromatic heterocycles. The molecular weight excluding hydrogens is 329 g/mol. The quantitative estimate of drug-likeness (QED) is 0.867. The summed E-state index contributed by atoms with van der Waals surface area (Å²) in [4.78, 5) is 0. The molecule has 0 aliphatic rings. The lowest BCUT2D eigenvalue weighted by molar-refractivity contribution is 0.444. The van der Waals surface area contributed by atoms with E-state index < -0.39 is 0 Å². The van der Waals surface area contributed by atoms with E-state index in [1.54, 1.807) is 0 Å². The van der Waals surface area contributed by atoms with Crippen LogP contribution < -0.4 is 5.32 Å². The Morgan fingerprint density at radius 1 is 1.53 bits per heavy atom.